The first kappa shape index (κ1) is 15.5. The summed E-state index contributed by atoms with van der Waals surface area (Å²) in [5.74, 6) is 0.310. The first-order valence-electron chi connectivity index (χ1n) is 7.61. The van der Waals surface area contributed by atoms with Crippen molar-refractivity contribution < 1.29 is 4.79 Å². The van der Waals surface area contributed by atoms with Crippen LogP contribution in [0.25, 0.3) is 0 Å². The van der Waals surface area contributed by atoms with Gasteiger partial charge in [-0.2, -0.15) is 0 Å². The molecule has 1 amide bonds. The third-order valence-electron chi connectivity index (χ3n) is 4.23. The number of hydrogen-bond acceptors (Lipinski definition) is 2. The number of nitrogens with one attached hydrogen (secondary N) is 1. The Bertz CT molecular complexity index is 259. The van der Waals surface area contributed by atoms with Gasteiger partial charge in [0.25, 0.3) is 0 Å². The monoisotopic (exact) mass is 254 g/mol. The summed E-state index contributed by atoms with van der Waals surface area (Å²) in [5.41, 5.74) is -0.324. The van der Waals surface area contributed by atoms with E-state index in [4.69, 9.17) is 0 Å². The molecular formula is C15H30N2O. The second-order valence-corrected chi connectivity index (χ2v) is 5.83. The highest BCUT2D eigenvalue weighted by atomic mass is 16.2. The molecule has 0 saturated carbocycles. The number of rotatable bonds is 6. The molecule has 3 nitrogen and oxygen atoms in total. The minimum atomic E-state index is -0.324. The Morgan fingerprint density at radius 3 is 2.61 bits per heavy atom. The molecule has 2 atom stereocenters. The first-order chi connectivity index (χ1) is 8.55. The maximum Gasteiger partial charge on any atom is 0.242 e. The molecule has 1 N–H and O–H groups in total. The first-order valence-corrected chi connectivity index (χ1v) is 7.61. The third kappa shape index (κ3) is 3.71. The Kier molecular flexibility index (Phi) is 6.13. The summed E-state index contributed by atoms with van der Waals surface area (Å²) < 4.78 is 0. The maximum absolute atomic E-state index is 12.8. The van der Waals surface area contributed by atoms with Gasteiger partial charge in [0.05, 0.1) is 5.54 Å². The fourth-order valence-corrected chi connectivity index (χ4v) is 2.63. The van der Waals surface area contributed by atoms with E-state index in [9.17, 15) is 4.79 Å². The predicted octanol–water partition coefficient (Wildman–Crippen LogP) is 2.95. The summed E-state index contributed by atoms with van der Waals surface area (Å²) in [4.78, 5) is 14.9. The standard InChI is InChI=1S/C15H30N2O/c1-5-7-12-17(13(3)6-2)14(18)15(4)10-8-9-11-16-15/h13,16H,5-12H2,1-4H3. The minimum absolute atomic E-state index is 0.310. The zero-order chi connectivity index (χ0) is 13.6. The summed E-state index contributed by atoms with van der Waals surface area (Å²) in [5, 5.41) is 3.44. The Labute approximate surface area is 112 Å². The summed E-state index contributed by atoms with van der Waals surface area (Å²) in [6.07, 6.45) is 6.62. The van der Waals surface area contributed by atoms with Crippen LogP contribution in [0, 0.1) is 0 Å². The predicted molar refractivity (Wildman–Crippen MR) is 76.6 cm³/mol. The minimum Gasteiger partial charge on any atom is -0.338 e. The van der Waals surface area contributed by atoms with E-state index in [0.29, 0.717) is 11.9 Å². The van der Waals surface area contributed by atoms with Crippen molar-refractivity contribution in [3.8, 4) is 0 Å². The van der Waals surface area contributed by atoms with Gasteiger partial charge in [0.2, 0.25) is 5.91 Å². The highest BCUT2D eigenvalue weighted by Crippen LogP contribution is 2.23. The lowest BCUT2D eigenvalue weighted by Crippen LogP contribution is -2.59. The largest absolute Gasteiger partial charge is 0.338 e. The SMILES string of the molecule is CCCCN(C(=O)C1(C)CCCCN1)C(C)CC. The van der Waals surface area contributed by atoms with E-state index in [2.05, 4.69) is 37.9 Å². The van der Waals surface area contributed by atoms with E-state index < -0.39 is 0 Å². The van der Waals surface area contributed by atoms with E-state index in [0.717, 1.165) is 45.2 Å². The smallest absolute Gasteiger partial charge is 0.242 e. The molecular weight excluding hydrogens is 224 g/mol. The number of hydrogen-bond donors (Lipinski definition) is 1. The normalized spacial score (nSPS) is 25.8. The van der Waals surface area contributed by atoms with Crippen molar-refractivity contribution in [1.82, 2.24) is 10.2 Å². The molecule has 1 aliphatic heterocycles. The third-order valence-corrected chi connectivity index (χ3v) is 4.23. The zero-order valence-electron chi connectivity index (χ0n) is 12.6. The van der Waals surface area contributed by atoms with E-state index in [1.807, 2.05) is 0 Å². The van der Waals surface area contributed by atoms with Crippen LogP contribution in [-0.4, -0.2) is 35.5 Å². The van der Waals surface area contributed by atoms with E-state index in [1.54, 1.807) is 0 Å². The molecule has 0 aliphatic carbocycles. The van der Waals surface area contributed by atoms with Crippen LogP contribution in [0.3, 0.4) is 0 Å². The number of carbonyl (C=O) groups is 1. The Morgan fingerprint density at radius 1 is 1.39 bits per heavy atom. The average molecular weight is 254 g/mol. The molecule has 0 bridgehead atoms. The molecule has 0 aromatic rings. The van der Waals surface area contributed by atoms with Crippen molar-refractivity contribution in [2.75, 3.05) is 13.1 Å². The van der Waals surface area contributed by atoms with Gasteiger partial charge < -0.3 is 10.2 Å². The van der Waals surface area contributed by atoms with Crippen molar-refractivity contribution in [2.45, 2.75) is 77.8 Å². The number of nitrogens with zero attached hydrogens (tertiary/aromatic N) is 1. The van der Waals surface area contributed by atoms with Crippen LogP contribution >= 0.6 is 0 Å². The Balaban J connectivity index is 2.73. The molecule has 106 valence electrons. The molecule has 1 aliphatic rings. The number of carbonyl (C=O) groups excluding carboxylic acids is 1. The Hall–Kier alpha value is -0.570. The molecule has 18 heavy (non-hydrogen) atoms. The number of piperidine rings is 1. The van der Waals surface area contributed by atoms with Crippen molar-refractivity contribution in [2.24, 2.45) is 0 Å². The maximum atomic E-state index is 12.8. The van der Waals surface area contributed by atoms with Crippen molar-refractivity contribution >= 4 is 5.91 Å². The summed E-state index contributed by atoms with van der Waals surface area (Å²) in [6.45, 7) is 10.5. The highest BCUT2D eigenvalue weighted by molar-refractivity contribution is 5.86. The van der Waals surface area contributed by atoms with Gasteiger partial charge in [-0.3, -0.25) is 4.79 Å². The van der Waals surface area contributed by atoms with Crippen LogP contribution in [0.2, 0.25) is 0 Å². The molecule has 1 fully saturated rings. The van der Waals surface area contributed by atoms with Crippen LogP contribution < -0.4 is 5.32 Å². The Morgan fingerprint density at radius 2 is 2.11 bits per heavy atom. The molecule has 1 heterocycles. The van der Waals surface area contributed by atoms with Crippen molar-refractivity contribution in [3.05, 3.63) is 0 Å². The van der Waals surface area contributed by atoms with Gasteiger partial charge in [0.1, 0.15) is 0 Å². The quantitative estimate of drug-likeness (QED) is 0.790. The topological polar surface area (TPSA) is 32.3 Å². The lowest BCUT2D eigenvalue weighted by Gasteiger charge is -2.40. The highest BCUT2D eigenvalue weighted by Gasteiger charge is 2.38. The summed E-state index contributed by atoms with van der Waals surface area (Å²) in [6, 6.07) is 0.351. The lowest BCUT2D eigenvalue weighted by molar-refractivity contribution is -0.141. The van der Waals surface area contributed by atoms with Gasteiger partial charge in [-0.25, -0.2) is 0 Å². The molecule has 1 saturated heterocycles. The van der Waals surface area contributed by atoms with Gasteiger partial charge in [-0.1, -0.05) is 20.3 Å². The molecule has 3 heteroatoms. The van der Waals surface area contributed by atoms with Crippen LogP contribution in [-0.2, 0) is 4.79 Å². The molecule has 0 aromatic carbocycles. The van der Waals surface area contributed by atoms with Crippen LogP contribution in [0.4, 0.5) is 0 Å². The van der Waals surface area contributed by atoms with E-state index in [1.165, 1.54) is 6.42 Å². The van der Waals surface area contributed by atoms with Gasteiger partial charge in [-0.15, -0.1) is 0 Å². The number of unbranched alkanes of at least 4 members (excludes halogenated alkanes) is 1. The van der Waals surface area contributed by atoms with Gasteiger partial charge in [-0.05, 0) is 52.5 Å². The number of amides is 1. The van der Waals surface area contributed by atoms with Gasteiger partial charge in [0, 0.05) is 12.6 Å². The lowest BCUT2D eigenvalue weighted by atomic mass is 9.89. The molecule has 0 radical (unpaired) electrons. The second kappa shape index (κ2) is 7.13. The van der Waals surface area contributed by atoms with Crippen molar-refractivity contribution in [1.29, 1.82) is 0 Å². The van der Waals surface area contributed by atoms with Crippen molar-refractivity contribution in [3.63, 3.8) is 0 Å². The summed E-state index contributed by atoms with van der Waals surface area (Å²) >= 11 is 0. The van der Waals surface area contributed by atoms with Gasteiger partial charge >= 0.3 is 0 Å². The van der Waals surface area contributed by atoms with E-state index in [-0.39, 0.29) is 5.54 Å². The van der Waals surface area contributed by atoms with Gasteiger partial charge in [0.15, 0.2) is 0 Å². The van der Waals surface area contributed by atoms with Crippen LogP contribution in [0.5, 0.6) is 0 Å². The average Bonchev–Trinajstić information content (AvgIpc) is 2.39. The second-order valence-electron chi connectivity index (χ2n) is 5.83. The summed E-state index contributed by atoms with van der Waals surface area (Å²) in [7, 11) is 0. The molecule has 2 unspecified atom stereocenters. The van der Waals surface area contributed by atoms with E-state index >= 15 is 0 Å². The van der Waals surface area contributed by atoms with Crippen LogP contribution in [0.15, 0.2) is 0 Å². The molecule has 1 rings (SSSR count). The molecule has 0 spiro atoms. The fraction of sp³-hybridized carbons (Fsp3) is 0.933. The van der Waals surface area contributed by atoms with Crippen LogP contribution in [0.1, 0.15) is 66.2 Å². The molecule has 0 aromatic heterocycles. The fourth-order valence-electron chi connectivity index (χ4n) is 2.63. The zero-order valence-corrected chi connectivity index (χ0v) is 12.6.